The fraction of sp³-hybridized carbons (Fsp3) is 0.0690. The second-order valence-corrected chi connectivity index (χ2v) is 8.42. The molecule has 0 atom stereocenters. The van der Waals surface area contributed by atoms with Gasteiger partial charge in [-0.25, -0.2) is 4.79 Å². The lowest BCUT2D eigenvalue weighted by molar-refractivity contribution is -0.130. The molecular weight excluding hydrogens is 432 g/mol. The summed E-state index contributed by atoms with van der Waals surface area (Å²) in [5, 5.41) is 2.96. The molecule has 0 radical (unpaired) electrons. The summed E-state index contributed by atoms with van der Waals surface area (Å²) in [6.07, 6.45) is 3.61. The first-order valence-electron chi connectivity index (χ1n) is 10.7. The van der Waals surface area contributed by atoms with E-state index in [1.807, 2.05) is 66.7 Å². The summed E-state index contributed by atoms with van der Waals surface area (Å²) in [4.78, 5) is 12.4. The molecule has 0 bridgehead atoms. The molecule has 5 rings (SSSR count). The molecule has 162 valence electrons. The summed E-state index contributed by atoms with van der Waals surface area (Å²) < 4.78 is 11.4. The number of benzene rings is 4. The third-order valence-electron chi connectivity index (χ3n) is 5.56. The van der Waals surface area contributed by atoms with E-state index in [2.05, 4.69) is 31.2 Å². The van der Waals surface area contributed by atoms with Crippen LogP contribution >= 0.6 is 11.6 Å². The normalized spacial score (nSPS) is 14.4. The number of fused-ring (bicyclic) bond motifs is 1. The Bertz CT molecular complexity index is 1410. The van der Waals surface area contributed by atoms with Crippen LogP contribution in [0.25, 0.3) is 22.6 Å². The van der Waals surface area contributed by atoms with Crippen molar-refractivity contribution >= 4 is 40.2 Å². The maximum Gasteiger partial charge on any atom is 0.343 e. The van der Waals surface area contributed by atoms with E-state index >= 15 is 0 Å². The highest BCUT2D eigenvalue weighted by atomic mass is 35.5. The van der Waals surface area contributed by atoms with Gasteiger partial charge in [-0.2, -0.15) is 0 Å². The molecule has 0 saturated heterocycles. The first kappa shape index (κ1) is 21.0. The molecule has 1 aliphatic rings. The van der Waals surface area contributed by atoms with Crippen molar-refractivity contribution in [2.75, 3.05) is 0 Å². The number of ether oxygens (including phenoxy) is 2. The minimum absolute atomic E-state index is 0.354. The number of rotatable bonds is 5. The van der Waals surface area contributed by atoms with Gasteiger partial charge in [-0.1, -0.05) is 77.8 Å². The van der Waals surface area contributed by atoms with E-state index in [1.165, 1.54) is 5.56 Å². The second-order valence-electron chi connectivity index (χ2n) is 8.01. The van der Waals surface area contributed by atoms with E-state index in [4.69, 9.17) is 21.1 Å². The summed E-state index contributed by atoms with van der Waals surface area (Å²) in [7, 11) is 0. The van der Waals surface area contributed by atoms with Crippen LogP contribution in [-0.4, -0.2) is 5.97 Å². The molecule has 0 spiro atoms. The average Bonchev–Trinajstić information content (AvgIpc) is 3.19. The van der Waals surface area contributed by atoms with Crippen LogP contribution in [0.5, 0.6) is 5.75 Å². The lowest BCUT2D eigenvalue weighted by Crippen LogP contribution is -1.97. The minimum Gasteiger partial charge on any atom is -0.489 e. The van der Waals surface area contributed by atoms with Gasteiger partial charge < -0.3 is 9.47 Å². The van der Waals surface area contributed by atoms with Gasteiger partial charge in [-0.3, -0.25) is 0 Å². The first-order chi connectivity index (χ1) is 16.0. The van der Waals surface area contributed by atoms with Crippen LogP contribution < -0.4 is 4.74 Å². The van der Waals surface area contributed by atoms with Crippen molar-refractivity contribution in [3.63, 3.8) is 0 Å². The van der Waals surface area contributed by atoms with Crippen molar-refractivity contribution in [3.8, 4) is 5.75 Å². The second kappa shape index (κ2) is 8.97. The van der Waals surface area contributed by atoms with E-state index in [9.17, 15) is 4.79 Å². The molecule has 0 aliphatic carbocycles. The Morgan fingerprint density at radius 2 is 1.67 bits per heavy atom. The molecule has 3 nitrogen and oxygen atoms in total. The van der Waals surface area contributed by atoms with Gasteiger partial charge in [0.25, 0.3) is 0 Å². The van der Waals surface area contributed by atoms with E-state index in [0.717, 1.165) is 33.2 Å². The van der Waals surface area contributed by atoms with Gasteiger partial charge in [0, 0.05) is 16.1 Å². The average molecular weight is 453 g/mol. The number of aryl methyl sites for hydroxylation is 1. The van der Waals surface area contributed by atoms with Crippen molar-refractivity contribution in [2.45, 2.75) is 13.5 Å². The van der Waals surface area contributed by atoms with Crippen molar-refractivity contribution in [1.29, 1.82) is 0 Å². The van der Waals surface area contributed by atoms with E-state index in [-0.39, 0.29) is 5.97 Å². The SMILES string of the molecule is Cc1ccc2cc(C3=C/C(=C/c4ccc(OCc5ccccc5Cl)cc4)C(=O)O3)ccc2c1. The first-order valence-corrected chi connectivity index (χ1v) is 11.1. The zero-order valence-corrected chi connectivity index (χ0v) is 18.8. The molecule has 0 amide bonds. The predicted molar refractivity (Wildman–Crippen MR) is 133 cm³/mol. The van der Waals surface area contributed by atoms with Crippen LogP contribution in [0, 0.1) is 6.92 Å². The van der Waals surface area contributed by atoms with E-state index in [0.29, 0.717) is 23.0 Å². The maximum absolute atomic E-state index is 12.4. The van der Waals surface area contributed by atoms with Gasteiger partial charge in [-0.15, -0.1) is 0 Å². The van der Waals surface area contributed by atoms with E-state index < -0.39 is 0 Å². The molecule has 4 heteroatoms. The predicted octanol–water partition coefficient (Wildman–Crippen LogP) is 7.36. The highest BCUT2D eigenvalue weighted by Gasteiger charge is 2.22. The molecule has 1 heterocycles. The molecule has 1 aliphatic heterocycles. The monoisotopic (exact) mass is 452 g/mol. The number of carbonyl (C=O) groups excluding carboxylic acids is 1. The Morgan fingerprint density at radius 3 is 2.48 bits per heavy atom. The Kier molecular flexibility index (Phi) is 5.72. The summed E-state index contributed by atoms with van der Waals surface area (Å²) in [6, 6.07) is 27.5. The van der Waals surface area contributed by atoms with Gasteiger partial charge in [-0.05, 0) is 59.7 Å². The molecule has 0 saturated carbocycles. The Labute approximate surface area is 197 Å². The molecule has 33 heavy (non-hydrogen) atoms. The number of halogens is 1. The van der Waals surface area contributed by atoms with Gasteiger partial charge in [0.1, 0.15) is 18.1 Å². The van der Waals surface area contributed by atoms with Crippen molar-refractivity contribution < 1.29 is 14.3 Å². The van der Waals surface area contributed by atoms with Crippen LogP contribution in [0.4, 0.5) is 0 Å². The van der Waals surface area contributed by atoms with Crippen LogP contribution in [0.3, 0.4) is 0 Å². The highest BCUT2D eigenvalue weighted by Crippen LogP contribution is 2.30. The van der Waals surface area contributed by atoms with E-state index in [1.54, 1.807) is 6.08 Å². The summed E-state index contributed by atoms with van der Waals surface area (Å²) in [5.41, 5.74) is 4.43. The number of cyclic esters (lactones) is 1. The fourth-order valence-corrected chi connectivity index (χ4v) is 3.96. The van der Waals surface area contributed by atoms with Crippen molar-refractivity contribution in [1.82, 2.24) is 0 Å². The Morgan fingerprint density at radius 1 is 0.909 bits per heavy atom. The molecular formula is C29H21ClO3. The maximum atomic E-state index is 12.4. The lowest BCUT2D eigenvalue weighted by Gasteiger charge is -2.08. The number of carbonyl (C=O) groups is 1. The molecule has 4 aromatic rings. The van der Waals surface area contributed by atoms with Crippen molar-refractivity contribution in [2.24, 2.45) is 0 Å². The molecule has 0 fully saturated rings. The molecule has 0 N–H and O–H groups in total. The number of hydrogen-bond acceptors (Lipinski definition) is 3. The minimum atomic E-state index is -0.354. The molecule has 4 aromatic carbocycles. The zero-order valence-electron chi connectivity index (χ0n) is 18.0. The quantitative estimate of drug-likeness (QED) is 0.234. The topological polar surface area (TPSA) is 35.5 Å². The van der Waals surface area contributed by atoms with Gasteiger partial charge in [0.2, 0.25) is 0 Å². The van der Waals surface area contributed by atoms with Gasteiger partial charge in [0.05, 0.1) is 5.57 Å². The highest BCUT2D eigenvalue weighted by molar-refractivity contribution is 6.31. The third-order valence-corrected chi connectivity index (χ3v) is 5.93. The smallest absolute Gasteiger partial charge is 0.343 e. The van der Waals surface area contributed by atoms with Gasteiger partial charge >= 0.3 is 5.97 Å². The lowest BCUT2D eigenvalue weighted by atomic mass is 10.0. The van der Waals surface area contributed by atoms with Crippen LogP contribution in [0.2, 0.25) is 5.02 Å². The Balaban J connectivity index is 1.32. The van der Waals surface area contributed by atoms with Crippen molar-refractivity contribution in [3.05, 3.63) is 124 Å². The third kappa shape index (κ3) is 4.69. The van der Waals surface area contributed by atoms with Crippen LogP contribution in [0.15, 0.2) is 96.6 Å². The number of esters is 1. The van der Waals surface area contributed by atoms with Gasteiger partial charge in [0.15, 0.2) is 0 Å². The summed E-state index contributed by atoms with van der Waals surface area (Å²) in [5.74, 6) is 0.940. The Hall–Kier alpha value is -3.82. The summed E-state index contributed by atoms with van der Waals surface area (Å²) >= 11 is 6.18. The zero-order chi connectivity index (χ0) is 22.8. The number of hydrogen-bond donors (Lipinski definition) is 0. The summed E-state index contributed by atoms with van der Waals surface area (Å²) in [6.45, 7) is 2.47. The standard InChI is InChI=1S/C29H21ClO3/c1-19-6-9-22-16-23(11-10-21(22)14-19)28-17-25(29(31)33-28)15-20-7-12-26(13-8-20)32-18-24-4-2-3-5-27(24)30/h2-17H,18H2,1H3/b25-15-. The van der Waals surface area contributed by atoms with Crippen LogP contribution in [0.1, 0.15) is 22.3 Å². The fourth-order valence-electron chi connectivity index (χ4n) is 3.77. The molecule has 0 unspecified atom stereocenters. The van der Waals surface area contributed by atoms with Crippen LogP contribution in [-0.2, 0) is 16.1 Å². The largest absolute Gasteiger partial charge is 0.489 e. The molecule has 0 aromatic heterocycles.